The van der Waals surface area contributed by atoms with Crippen LogP contribution in [0.25, 0.3) is 6.08 Å². The standard InChI is InChI=1S/C24H25F5N4O5/c25-16-13(17(26)19(28)20(29)18(16)27)1-2-15(34)31-7-9-32(10-8-31)24(38)33-21(23(36)37)14(22(33)35)11-12-3-5-30-6-4-12/h1-2,12,14,21,30H,3-11H2,(H,36,37)/t14-,21+/m1/s1. The molecule has 0 aliphatic carbocycles. The molecule has 38 heavy (non-hydrogen) atoms. The molecular weight excluding hydrogens is 519 g/mol. The summed E-state index contributed by atoms with van der Waals surface area (Å²) in [6.07, 6.45) is 3.16. The average molecular weight is 544 g/mol. The Labute approximate surface area is 213 Å². The number of piperidine rings is 1. The van der Waals surface area contributed by atoms with Crippen LogP contribution in [0.5, 0.6) is 0 Å². The van der Waals surface area contributed by atoms with E-state index in [1.54, 1.807) is 0 Å². The molecule has 0 aromatic heterocycles. The predicted molar refractivity (Wildman–Crippen MR) is 121 cm³/mol. The van der Waals surface area contributed by atoms with Gasteiger partial charge < -0.3 is 20.2 Å². The van der Waals surface area contributed by atoms with E-state index in [1.807, 2.05) is 0 Å². The number of hydrogen-bond donors (Lipinski definition) is 2. The van der Waals surface area contributed by atoms with E-state index < -0.39 is 70.4 Å². The lowest BCUT2D eigenvalue weighted by molar-refractivity contribution is -0.167. The third-order valence-corrected chi connectivity index (χ3v) is 7.22. The monoisotopic (exact) mass is 544 g/mol. The summed E-state index contributed by atoms with van der Waals surface area (Å²) in [6, 6.07) is -2.05. The van der Waals surface area contributed by atoms with E-state index in [-0.39, 0.29) is 32.1 Å². The summed E-state index contributed by atoms with van der Waals surface area (Å²) in [4.78, 5) is 53.1. The number of nitrogens with one attached hydrogen (secondary N) is 1. The zero-order chi connectivity index (χ0) is 27.7. The Hall–Kier alpha value is -3.55. The van der Waals surface area contributed by atoms with Crippen molar-refractivity contribution in [2.24, 2.45) is 11.8 Å². The number of carbonyl (C=O) groups excluding carboxylic acids is 3. The van der Waals surface area contributed by atoms with Gasteiger partial charge in [0.1, 0.15) is 0 Å². The number of aliphatic carboxylic acids is 1. The lowest BCUT2D eigenvalue weighted by atomic mass is 9.78. The van der Waals surface area contributed by atoms with E-state index in [4.69, 9.17) is 0 Å². The molecule has 3 aliphatic rings. The number of piperazine rings is 1. The predicted octanol–water partition coefficient (Wildman–Crippen LogP) is 1.96. The van der Waals surface area contributed by atoms with Gasteiger partial charge in [-0.05, 0) is 44.3 Å². The Balaban J connectivity index is 1.35. The third-order valence-electron chi connectivity index (χ3n) is 7.22. The molecule has 2 N–H and O–H groups in total. The molecule has 0 bridgehead atoms. The number of β-lactam (4-membered cyclic amide) rings is 1. The van der Waals surface area contributed by atoms with E-state index in [0.717, 1.165) is 30.8 Å². The summed E-state index contributed by atoms with van der Waals surface area (Å²) in [5, 5.41) is 12.9. The van der Waals surface area contributed by atoms with E-state index in [2.05, 4.69) is 5.32 Å². The number of carboxylic acids is 1. The van der Waals surface area contributed by atoms with Gasteiger partial charge in [-0.1, -0.05) is 0 Å². The Morgan fingerprint density at radius 3 is 1.95 bits per heavy atom. The van der Waals surface area contributed by atoms with Gasteiger partial charge in [-0.3, -0.25) is 9.59 Å². The Morgan fingerprint density at radius 1 is 0.868 bits per heavy atom. The van der Waals surface area contributed by atoms with Crippen LogP contribution in [0.4, 0.5) is 26.7 Å². The van der Waals surface area contributed by atoms with Crippen LogP contribution in [0, 0.1) is 40.9 Å². The number of benzene rings is 1. The van der Waals surface area contributed by atoms with Crippen molar-refractivity contribution in [2.45, 2.75) is 25.3 Å². The summed E-state index contributed by atoms with van der Waals surface area (Å²) in [5.74, 6) is -14.0. The first-order valence-electron chi connectivity index (χ1n) is 12.1. The first kappa shape index (κ1) is 27.5. The topological polar surface area (TPSA) is 110 Å². The SMILES string of the molecule is O=C(O)[C@@H]1[C@@H](CC2CCNCC2)C(=O)N1C(=O)N1CCN(C(=O)C=Cc2c(F)c(F)c(F)c(F)c2F)CC1. The lowest BCUT2D eigenvalue weighted by Crippen LogP contribution is -2.69. The number of urea groups is 1. The van der Waals surface area contributed by atoms with Crippen LogP contribution in [0.15, 0.2) is 6.08 Å². The van der Waals surface area contributed by atoms with Gasteiger partial charge in [-0.25, -0.2) is 36.4 Å². The van der Waals surface area contributed by atoms with E-state index in [9.17, 15) is 46.2 Å². The molecule has 4 amide bonds. The minimum atomic E-state index is -2.31. The maximum absolute atomic E-state index is 13.8. The lowest BCUT2D eigenvalue weighted by Gasteiger charge is -2.47. The van der Waals surface area contributed by atoms with Gasteiger partial charge in [-0.15, -0.1) is 0 Å². The molecule has 1 aromatic rings. The van der Waals surface area contributed by atoms with Gasteiger partial charge in [0, 0.05) is 32.3 Å². The molecule has 3 fully saturated rings. The zero-order valence-corrected chi connectivity index (χ0v) is 20.1. The highest BCUT2D eigenvalue weighted by atomic mass is 19.2. The molecule has 9 nitrogen and oxygen atoms in total. The summed E-state index contributed by atoms with van der Waals surface area (Å²) < 4.78 is 67.5. The number of rotatable bonds is 5. The van der Waals surface area contributed by atoms with Crippen molar-refractivity contribution in [3.8, 4) is 0 Å². The second-order valence-electron chi connectivity index (χ2n) is 9.44. The number of imide groups is 1. The normalized spacial score (nSPS) is 22.7. The molecule has 14 heteroatoms. The van der Waals surface area contributed by atoms with Gasteiger partial charge in [0.15, 0.2) is 29.3 Å². The summed E-state index contributed by atoms with van der Waals surface area (Å²) in [5.41, 5.74) is -1.27. The van der Waals surface area contributed by atoms with Gasteiger partial charge in [0.05, 0.1) is 11.5 Å². The molecule has 206 valence electrons. The van der Waals surface area contributed by atoms with Crippen molar-refractivity contribution in [3.05, 3.63) is 40.7 Å². The first-order chi connectivity index (χ1) is 18.0. The molecule has 3 aliphatic heterocycles. The molecule has 1 aromatic carbocycles. The fourth-order valence-electron chi connectivity index (χ4n) is 5.05. The van der Waals surface area contributed by atoms with Crippen molar-refractivity contribution in [3.63, 3.8) is 0 Å². The minimum Gasteiger partial charge on any atom is -0.480 e. The van der Waals surface area contributed by atoms with Crippen LogP contribution in [-0.2, 0) is 14.4 Å². The second-order valence-corrected chi connectivity index (χ2v) is 9.44. The maximum atomic E-state index is 13.8. The number of hydrogen-bond acceptors (Lipinski definition) is 5. The van der Waals surface area contributed by atoms with Crippen LogP contribution in [0.1, 0.15) is 24.8 Å². The van der Waals surface area contributed by atoms with E-state index >= 15 is 0 Å². The van der Waals surface area contributed by atoms with E-state index in [0.29, 0.717) is 18.6 Å². The maximum Gasteiger partial charge on any atom is 0.327 e. The Morgan fingerprint density at radius 2 is 1.39 bits per heavy atom. The van der Waals surface area contributed by atoms with Crippen molar-refractivity contribution >= 4 is 29.9 Å². The van der Waals surface area contributed by atoms with Crippen molar-refractivity contribution < 1.29 is 46.2 Å². The number of carbonyl (C=O) groups is 4. The highest BCUT2D eigenvalue weighted by Gasteiger charge is 2.56. The molecule has 3 heterocycles. The van der Waals surface area contributed by atoms with Gasteiger partial charge in [0.2, 0.25) is 17.6 Å². The molecule has 0 spiro atoms. The van der Waals surface area contributed by atoms with Crippen LogP contribution in [-0.4, -0.2) is 88.9 Å². The number of likely N-dealkylation sites (tertiary alicyclic amines) is 1. The molecule has 2 atom stereocenters. The van der Waals surface area contributed by atoms with Crippen molar-refractivity contribution in [1.29, 1.82) is 0 Å². The number of carboxylic acid groups (broad SMARTS) is 1. The molecule has 0 saturated carbocycles. The highest BCUT2D eigenvalue weighted by Crippen LogP contribution is 2.35. The summed E-state index contributed by atoms with van der Waals surface area (Å²) in [7, 11) is 0. The van der Waals surface area contributed by atoms with Crippen LogP contribution >= 0.6 is 0 Å². The van der Waals surface area contributed by atoms with Gasteiger partial charge in [0.25, 0.3) is 0 Å². The van der Waals surface area contributed by atoms with E-state index in [1.165, 1.54) is 9.80 Å². The van der Waals surface area contributed by atoms with Gasteiger partial charge >= 0.3 is 12.0 Å². The number of nitrogens with zero attached hydrogens (tertiary/aromatic N) is 3. The van der Waals surface area contributed by atoms with Gasteiger partial charge in [-0.2, -0.15) is 0 Å². The molecule has 3 saturated heterocycles. The molecular formula is C24H25F5N4O5. The van der Waals surface area contributed by atoms with Crippen LogP contribution < -0.4 is 5.32 Å². The molecule has 4 rings (SSSR count). The van der Waals surface area contributed by atoms with Crippen molar-refractivity contribution in [1.82, 2.24) is 20.0 Å². The largest absolute Gasteiger partial charge is 0.480 e. The summed E-state index contributed by atoms with van der Waals surface area (Å²) >= 11 is 0. The number of amides is 4. The fourth-order valence-corrected chi connectivity index (χ4v) is 5.05. The smallest absolute Gasteiger partial charge is 0.327 e. The first-order valence-corrected chi connectivity index (χ1v) is 12.1. The minimum absolute atomic E-state index is 0.0595. The molecule has 0 unspecified atom stereocenters. The van der Waals surface area contributed by atoms with Crippen molar-refractivity contribution in [2.75, 3.05) is 39.3 Å². The highest BCUT2D eigenvalue weighted by molar-refractivity contribution is 6.07. The fraction of sp³-hybridized carbons (Fsp3) is 0.500. The zero-order valence-electron chi connectivity index (χ0n) is 20.1. The Bertz CT molecular complexity index is 1150. The quantitative estimate of drug-likeness (QED) is 0.193. The second kappa shape index (κ2) is 11.1. The number of halogens is 5. The summed E-state index contributed by atoms with van der Waals surface area (Å²) in [6.45, 7) is 1.32. The molecule has 0 radical (unpaired) electrons. The Kier molecular flexibility index (Phi) is 7.99. The third kappa shape index (κ3) is 5.08. The average Bonchev–Trinajstić information content (AvgIpc) is 2.92. The van der Waals surface area contributed by atoms with Crippen LogP contribution in [0.3, 0.4) is 0 Å². The van der Waals surface area contributed by atoms with Crippen LogP contribution in [0.2, 0.25) is 0 Å².